The number of anilines is 1. The van der Waals surface area contributed by atoms with Crippen LogP contribution in [-0.4, -0.2) is 66.8 Å². The zero-order valence-electron chi connectivity index (χ0n) is 19.7. The highest BCUT2D eigenvalue weighted by atomic mass is 19.3. The van der Waals surface area contributed by atoms with E-state index in [1.807, 2.05) is 19.9 Å². The van der Waals surface area contributed by atoms with Crippen molar-refractivity contribution in [3.8, 4) is 5.75 Å². The third-order valence-electron chi connectivity index (χ3n) is 7.06. The first-order chi connectivity index (χ1) is 16.2. The zero-order valence-corrected chi connectivity index (χ0v) is 19.7. The van der Waals surface area contributed by atoms with Gasteiger partial charge in [-0.3, -0.25) is 9.89 Å². The molecular formula is C24H34F3N5O2. The summed E-state index contributed by atoms with van der Waals surface area (Å²) in [6, 6.07) is 1.82. The summed E-state index contributed by atoms with van der Waals surface area (Å²) in [6.07, 6.45) is 5.40. The van der Waals surface area contributed by atoms with E-state index in [0.29, 0.717) is 42.3 Å². The van der Waals surface area contributed by atoms with Crippen LogP contribution in [0.4, 0.5) is 19.0 Å². The number of allylic oxidation sites excluding steroid dienone is 1. The highest BCUT2D eigenvalue weighted by molar-refractivity contribution is 6.02. The third kappa shape index (κ3) is 5.66. The van der Waals surface area contributed by atoms with E-state index in [2.05, 4.69) is 14.6 Å². The van der Waals surface area contributed by atoms with Crippen molar-refractivity contribution in [3.05, 3.63) is 23.9 Å². The molecule has 2 bridgehead atoms. The van der Waals surface area contributed by atoms with Gasteiger partial charge in [0, 0.05) is 54.3 Å². The Labute approximate surface area is 198 Å². The average molecular weight is 482 g/mol. The predicted molar refractivity (Wildman–Crippen MR) is 125 cm³/mol. The van der Waals surface area contributed by atoms with E-state index in [9.17, 15) is 13.2 Å². The molecule has 0 aromatic carbocycles. The molecule has 2 saturated carbocycles. The second kappa shape index (κ2) is 10.5. The number of alkyl halides is 3. The van der Waals surface area contributed by atoms with Crippen molar-refractivity contribution in [2.75, 3.05) is 32.0 Å². The fourth-order valence-electron chi connectivity index (χ4n) is 5.73. The van der Waals surface area contributed by atoms with Gasteiger partial charge in [0.25, 0.3) is 0 Å². The quantitative estimate of drug-likeness (QED) is 0.579. The lowest BCUT2D eigenvalue weighted by Crippen LogP contribution is -2.44. The van der Waals surface area contributed by atoms with E-state index in [1.54, 1.807) is 0 Å². The highest BCUT2D eigenvalue weighted by Gasteiger charge is 2.49. The van der Waals surface area contributed by atoms with Gasteiger partial charge in [-0.1, -0.05) is 0 Å². The number of halogens is 3. The smallest absolute Gasteiger partial charge is 0.387 e. The molecule has 1 saturated heterocycles. The summed E-state index contributed by atoms with van der Waals surface area (Å²) in [5.41, 5.74) is 13.7. The van der Waals surface area contributed by atoms with E-state index < -0.39 is 12.8 Å². The minimum absolute atomic E-state index is 0.0753. The normalized spacial score (nSPS) is 30.9. The number of hydrogen-bond acceptors (Lipinski definition) is 7. The Morgan fingerprint density at radius 1 is 1.29 bits per heavy atom. The SMILES string of the molecule is CC(C)N=C(C=C(N)c1cnc(N)c(OC(F)F)c1)C1CC2CC1CC2N1CCOCC(F)C1. The van der Waals surface area contributed by atoms with Gasteiger partial charge in [0.15, 0.2) is 11.6 Å². The first-order valence-electron chi connectivity index (χ1n) is 11.9. The van der Waals surface area contributed by atoms with Gasteiger partial charge in [-0.2, -0.15) is 8.78 Å². The highest BCUT2D eigenvalue weighted by Crippen LogP contribution is 2.51. The maximum Gasteiger partial charge on any atom is 0.387 e. The number of hydrogen-bond donors (Lipinski definition) is 2. The lowest BCUT2D eigenvalue weighted by molar-refractivity contribution is -0.0495. The molecule has 0 spiro atoms. The second-order valence-electron chi connectivity index (χ2n) is 9.80. The molecule has 2 aliphatic carbocycles. The maximum absolute atomic E-state index is 14.1. The summed E-state index contributed by atoms with van der Waals surface area (Å²) < 4.78 is 49.3. The number of aromatic nitrogens is 1. The Kier molecular flexibility index (Phi) is 7.67. The second-order valence-corrected chi connectivity index (χ2v) is 9.80. The standard InChI is InChI=1S/C24H34F3N5O2/c1-13(2)31-20(9-19(28)16-8-22(34-24(26)27)23(29)30-10-16)18-6-15-5-14(18)7-21(15)32-3-4-33-12-17(25)11-32/h8-10,13-15,17-18,21,24H,3-7,11-12,28H2,1-2H3,(H2,29,30). The maximum atomic E-state index is 14.1. The number of nitrogens with zero attached hydrogens (tertiary/aromatic N) is 3. The average Bonchev–Trinajstić information content (AvgIpc) is 3.30. The lowest BCUT2D eigenvalue weighted by atomic mass is 9.81. The van der Waals surface area contributed by atoms with Crippen LogP contribution in [0.3, 0.4) is 0 Å². The van der Waals surface area contributed by atoms with E-state index >= 15 is 0 Å². The van der Waals surface area contributed by atoms with Crippen molar-refractivity contribution in [1.29, 1.82) is 0 Å². The van der Waals surface area contributed by atoms with Gasteiger partial charge in [-0.15, -0.1) is 0 Å². The molecule has 1 aromatic rings. The molecule has 1 aliphatic heterocycles. The van der Waals surface area contributed by atoms with Gasteiger partial charge in [-0.05, 0) is 57.1 Å². The Balaban J connectivity index is 1.51. The molecule has 188 valence electrons. The van der Waals surface area contributed by atoms with E-state index in [4.69, 9.17) is 21.2 Å². The number of fused-ring (bicyclic) bond motifs is 2. The van der Waals surface area contributed by atoms with Gasteiger partial charge >= 0.3 is 6.61 Å². The lowest BCUT2D eigenvalue weighted by Gasteiger charge is -2.36. The summed E-state index contributed by atoms with van der Waals surface area (Å²) in [6.45, 7) is 2.98. The van der Waals surface area contributed by atoms with Crippen molar-refractivity contribution in [1.82, 2.24) is 9.88 Å². The molecule has 4 N–H and O–H groups in total. The van der Waals surface area contributed by atoms with Crippen LogP contribution in [0.25, 0.3) is 5.70 Å². The summed E-state index contributed by atoms with van der Waals surface area (Å²) in [5.74, 6) is 0.853. The van der Waals surface area contributed by atoms with Gasteiger partial charge < -0.3 is 20.9 Å². The van der Waals surface area contributed by atoms with Crippen molar-refractivity contribution in [3.63, 3.8) is 0 Å². The molecule has 34 heavy (non-hydrogen) atoms. The topological polar surface area (TPSA) is 99.0 Å². The van der Waals surface area contributed by atoms with Crippen LogP contribution in [0.2, 0.25) is 0 Å². The van der Waals surface area contributed by atoms with Crippen LogP contribution in [0.15, 0.2) is 23.3 Å². The summed E-state index contributed by atoms with van der Waals surface area (Å²) in [4.78, 5) is 11.1. The molecular weight excluding hydrogens is 447 g/mol. The van der Waals surface area contributed by atoms with E-state index in [0.717, 1.165) is 31.5 Å². The minimum atomic E-state index is -3.01. The molecule has 5 atom stereocenters. The summed E-state index contributed by atoms with van der Waals surface area (Å²) in [7, 11) is 0. The van der Waals surface area contributed by atoms with Gasteiger partial charge in [-0.25, -0.2) is 9.37 Å². The van der Waals surface area contributed by atoms with Crippen molar-refractivity contribution in [2.24, 2.45) is 28.5 Å². The first-order valence-corrected chi connectivity index (χ1v) is 11.9. The van der Waals surface area contributed by atoms with Crippen LogP contribution < -0.4 is 16.2 Å². The van der Waals surface area contributed by atoms with Crippen LogP contribution in [0, 0.1) is 17.8 Å². The molecule has 0 amide bonds. The Hall–Kier alpha value is -2.33. The van der Waals surface area contributed by atoms with Crippen molar-refractivity contribution in [2.45, 2.75) is 58.0 Å². The Morgan fingerprint density at radius 3 is 2.76 bits per heavy atom. The predicted octanol–water partition coefficient (Wildman–Crippen LogP) is 3.50. The number of aliphatic imine (C=N–C) groups is 1. The van der Waals surface area contributed by atoms with Crippen molar-refractivity contribution >= 4 is 17.2 Å². The Morgan fingerprint density at radius 2 is 2.09 bits per heavy atom. The van der Waals surface area contributed by atoms with Gasteiger partial charge in [0.1, 0.15) is 6.17 Å². The molecule has 7 nitrogen and oxygen atoms in total. The van der Waals surface area contributed by atoms with Gasteiger partial charge in [0.2, 0.25) is 0 Å². The largest absolute Gasteiger partial charge is 0.431 e. The van der Waals surface area contributed by atoms with E-state index in [-0.39, 0.29) is 30.1 Å². The van der Waals surface area contributed by atoms with Crippen LogP contribution in [-0.2, 0) is 4.74 Å². The van der Waals surface area contributed by atoms with E-state index in [1.165, 1.54) is 12.3 Å². The zero-order chi connectivity index (χ0) is 24.4. The fraction of sp³-hybridized carbons (Fsp3) is 0.667. The molecule has 1 aromatic heterocycles. The monoisotopic (exact) mass is 481 g/mol. The molecule has 10 heteroatoms. The van der Waals surface area contributed by atoms with Crippen LogP contribution in [0.1, 0.15) is 38.7 Å². The minimum Gasteiger partial charge on any atom is -0.431 e. The molecule has 0 radical (unpaired) electrons. The molecule has 4 rings (SSSR count). The number of nitrogens with two attached hydrogens (primary N) is 2. The number of rotatable bonds is 7. The number of ether oxygens (including phenoxy) is 2. The molecule has 5 unspecified atom stereocenters. The van der Waals surface area contributed by atoms with Crippen LogP contribution in [0.5, 0.6) is 5.75 Å². The Bertz CT molecular complexity index is 926. The van der Waals surface area contributed by atoms with Gasteiger partial charge in [0.05, 0.1) is 13.2 Å². The molecule has 3 fully saturated rings. The fourth-order valence-corrected chi connectivity index (χ4v) is 5.73. The third-order valence-corrected chi connectivity index (χ3v) is 7.06. The van der Waals surface area contributed by atoms with Crippen molar-refractivity contribution < 1.29 is 22.6 Å². The van der Waals surface area contributed by atoms with Crippen LogP contribution >= 0.6 is 0 Å². The molecule has 2 heterocycles. The summed E-state index contributed by atoms with van der Waals surface area (Å²) in [5, 5.41) is 0. The first kappa shape index (κ1) is 24.8. The summed E-state index contributed by atoms with van der Waals surface area (Å²) >= 11 is 0. The number of nitrogen functional groups attached to an aromatic ring is 1. The molecule has 3 aliphatic rings. The number of pyridine rings is 1.